The van der Waals surface area contributed by atoms with Gasteiger partial charge in [-0.25, -0.2) is 4.98 Å². The van der Waals surface area contributed by atoms with Crippen LogP contribution in [0.2, 0.25) is 10.0 Å². The van der Waals surface area contributed by atoms with Gasteiger partial charge in [-0.2, -0.15) is 0 Å². The van der Waals surface area contributed by atoms with Gasteiger partial charge >= 0.3 is 0 Å². The largest absolute Gasteiger partial charge is 0.342 e. The van der Waals surface area contributed by atoms with E-state index in [4.69, 9.17) is 28.9 Å². The molecule has 24 heavy (non-hydrogen) atoms. The summed E-state index contributed by atoms with van der Waals surface area (Å²) in [5.74, 6) is 0.584. The number of hydrogen-bond donors (Lipinski definition) is 2. The van der Waals surface area contributed by atoms with Crippen molar-refractivity contribution in [1.29, 1.82) is 0 Å². The lowest BCUT2D eigenvalue weighted by Crippen LogP contribution is -2.43. The number of anilines is 1. The van der Waals surface area contributed by atoms with Gasteiger partial charge in [0.1, 0.15) is 0 Å². The zero-order chi connectivity index (χ0) is 17.3. The number of piperidine rings is 1. The number of H-pyrrole nitrogens is 1. The van der Waals surface area contributed by atoms with Gasteiger partial charge in [-0.1, -0.05) is 42.3 Å². The molecule has 3 rings (SSSR count). The van der Waals surface area contributed by atoms with Crippen molar-refractivity contribution in [2.24, 2.45) is 11.1 Å². The standard InChI is InChI=1S/C17H20Cl2N4O/c1-17(10-20)5-7-23(8-6-17)16-21-9-12(15(24)22-16)11-3-2-4-13(18)14(11)19/h2-4,9H,5-8,10,20H2,1H3,(H,21,22,24). The lowest BCUT2D eigenvalue weighted by molar-refractivity contribution is 0.257. The van der Waals surface area contributed by atoms with E-state index in [1.807, 2.05) is 0 Å². The Bertz CT molecular complexity index is 797. The van der Waals surface area contributed by atoms with E-state index in [1.54, 1.807) is 24.4 Å². The van der Waals surface area contributed by atoms with Crippen LogP contribution in [0.3, 0.4) is 0 Å². The molecular formula is C17H20Cl2N4O. The summed E-state index contributed by atoms with van der Waals surface area (Å²) in [6.45, 7) is 4.53. The molecule has 1 aliphatic heterocycles. The Morgan fingerprint density at radius 2 is 2.00 bits per heavy atom. The highest BCUT2D eigenvalue weighted by molar-refractivity contribution is 6.43. The van der Waals surface area contributed by atoms with Crippen molar-refractivity contribution in [1.82, 2.24) is 9.97 Å². The second kappa shape index (κ2) is 6.75. The molecule has 1 aromatic carbocycles. The van der Waals surface area contributed by atoms with Gasteiger partial charge in [0, 0.05) is 24.8 Å². The topological polar surface area (TPSA) is 75.0 Å². The Morgan fingerprint density at radius 1 is 1.29 bits per heavy atom. The number of nitrogens with zero attached hydrogens (tertiary/aromatic N) is 2. The summed E-state index contributed by atoms with van der Waals surface area (Å²) < 4.78 is 0. The molecule has 5 nitrogen and oxygen atoms in total. The summed E-state index contributed by atoms with van der Waals surface area (Å²) in [4.78, 5) is 21.9. The summed E-state index contributed by atoms with van der Waals surface area (Å²) in [6, 6.07) is 5.20. The average Bonchev–Trinajstić information content (AvgIpc) is 2.58. The fourth-order valence-electron chi connectivity index (χ4n) is 2.91. The van der Waals surface area contributed by atoms with Crippen molar-refractivity contribution in [2.75, 3.05) is 24.5 Å². The third kappa shape index (κ3) is 3.29. The number of hydrogen-bond acceptors (Lipinski definition) is 4. The molecular weight excluding hydrogens is 347 g/mol. The Labute approximate surface area is 150 Å². The van der Waals surface area contributed by atoms with E-state index in [-0.39, 0.29) is 11.0 Å². The maximum absolute atomic E-state index is 12.5. The third-order valence-corrected chi connectivity index (χ3v) is 5.61. The molecule has 0 amide bonds. The molecule has 0 unspecified atom stereocenters. The molecule has 0 atom stereocenters. The molecule has 0 bridgehead atoms. The van der Waals surface area contributed by atoms with Gasteiger partial charge in [-0.05, 0) is 30.9 Å². The Kier molecular flexibility index (Phi) is 4.85. The molecule has 1 aliphatic rings. The number of nitrogens with one attached hydrogen (secondary N) is 1. The zero-order valence-electron chi connectivity index (χ0n) is 13.5. The Balaban J connectivity index is 1.86. The first-order valence-corrected chi connectivity index (χ1v) is 8.68. The lowest BCUT2D eigenvalue weighted by atomic mass is 9.81. The molecule has 1 aromatic heterocycles. The molecule has 0 saturated carbocycles. The SMILES string of the molecule is CC1(CN)CCN(c2ncc(-c3cccc(Cl)c3Cl)c(=O)[nH]2)CC1. The molecule has 1 fully saturated rings. The summed E-state index contributed by atoms with van der Waals surface area (Å²) >= 11 is 12.2. The normalized spacial score (nSPS) is 17.1. The summed E-state index contributed by atoms with van der Waals surface area (Å²) in [5, 5.41) is 0.769. The van der Waals surface area contributed by atoms with Gasteiger partial charge in [0.2, 0.25) is 5.95 Å². The number of aromatic nitrogens is 2. The van der Waals surface area contributed by atoms with Gasteiger partial charge < -0.3 is 10.6 Å². The van der Waals surface area contributed by atoms with Gasteiger partial charge in [0.05, 0.1) is 15.6 Å². The maximum atomic E-state index is 12.5. The quantitative estimate of drug-likeness (QED) is 0.873. The van der Waals surface area contributed by atoms with Gasteiger partial charge in [-0.3, -0.25) is 9.78 Å². The first-order valence-electron chi connectivity index (χ1n) is 7.92. The van der Waals surface area contributed by atoms with Crippen LogP contribution in [0.1, 0.15) is 19.8 Å². The molecule has 0 radical (unpaired) electrons. The van der Waals surface area contributed by atoms with Gasteiger partial charge in [-0.15, -0.1) is 0 Å². The van der Waals surface area contributed by atoms with Crippen molar-refractivity contribution in [3.05, 3.63) is 44.8 Å². The average molecular weight is 367 g/mol. The molecule has 7 heteroatoms. The van der Waals surface area contributed by atoms with Crippen LogP contribution in [0.4, 0.5) is 5.95 Å². The fraction of sp³-hybridized carbons (Fsp3) is 0.412. The minimum Gasteiger partial charge on any atom is -0.342 e. The van der Waals surface area contributed by atoms with E-state index < -0.39 is 0 Å². The molecule has 2 heterocycles. The van der Waals surface area contributed by atoms with E-state index in [0.717, 1.165) is 25.9 Å². The summed E-state index contributed by atoms with van der Waals surface area (Å²) in [7, 11) is 0. The van der Waals surface area contributed by atoms with Crippen LogP contribution in [-0.4, -0.2) is 29.6 Å². The van der Waals surface area contributed by atoms with Crippen molar-refractivity contribution < 1.29 is 0 Å². The van der Waals surface area contributed by atoms with Crippen LogP contribution >= 0.6 is 23.2 Å². The molecule has 0 aliphatic carbocycles. The first-order chi connectivity index (χ1) is 11.4. The molecule has 2 aromatic rings. The highest BCUT2D eigenvalue weighted by atomic mass is 35.5. The summed E-state index contributed by atoms with van der Waals surface area (Å²) in [5.41, 5.74) is 6.78. The molecule has 3 N–H and O–H groups in total. The van der Waals surface area contributed by atoms with Crippen LogP contribution in [0.5, 0.6) is 0 Å². The third-order valence-electron chi connectivity index (χ3n) is 4.79. The minimum atomic E-state index is -0.226. The van der Waals surface area contributed by atoms with Crippen molar-refractivity contribution in [2.45, 2.75) is 19.8 Å². The number of aromatic amines is 1. The number of halogens is 2. The summed E-state index contributed by atoms with van der Waals surface area (Å²) in [6.07, 6.45) is 3.52. The van der Waals surface area contributed by atoms with Gasteiger partial charge in [0.25, 0.3) is 5.56 Å². The zero-order valence-corrected chi connectivity index (χ0v) is 15.0. The predicted molar refractivity (Wildman–Crippen MR) is 98.9 cm³/mol. The van der Waals surface area contributed by atoms with Crippen molar-refractivity contribution in [3.63, 3.8) is 0 Å². The molecule has 0 spiro atoms. The number of nitrogens with two attached hydrogens (primary N) is 1. The van der Waals surface area contributed by atoms with E-state index in [0.29, 0.717) is 33.7 Å². The van der Waals surface area contributed by atoms with Crippen molar-refractivity contribution in [3.8, 4) is 11.1 Å². The van der Waals surface area contributed by atoms with Crippen LogP contribution in [-0.2, 0) is 0 Å². The van der Waals surface area contributed by atoms with Crippen LogP contribution in [0.25, 0.3) is 11.1 Å². The number of rotatable bonds is 3. The van der Waals surface area contributed by atoms with Crippen LogP contribution < -0.4 is 16.2 Å². The van der Waals surface area contributed by atoms with E-state index in [2.05, 4.69) is 21.8 Å². The fourth-order valence-corrected chi connectivity index (χ4v) is 3.31. The second-order valence-corrected chi connectivity index (χ2v) is 7.34. The first kappa shape index (κ1) is 17.3. The molecule has 1 saturated heterocycles. The predicted octanol–water partition coefficient (Wildman–Crippen LogP) is 3.31. The Hall–Kier alpha value is -1.56. The highest BCUT2D eigenvalue weighted by Crippen LogP contribution is 2.33. The monoisotopic (exact) mass is 366 g/mol. The lowest BCUT2D eigenvalue weighted by Gasteiger charge is -2.38. The maximum Gasteiger partial charge on any atom is 0.260 e. The van der Waals surface area contributed by atoms with Crippen molar-refractivity contribution >= 4 is 29.2 Å². The minimum absolute atomic E-state index is 0.172. The number of benzene rings is 1. The van der Waals surface area contributed by atoms with E-state index in [9.17, 15) is 4.79 Å². The smallest absolute Gasteiger partial charge is 0.260 e. The molecule has 128 valence electrons. The van der Waals surface area contributed by atoms with Crippen LogP contribution in [0, 0.1) is 5.41 Å². The van der Waals surface area contributed by atoms with E-state index in [1.165, 1.54) is 0 Å². The van der Waals surface area contributed by atoms with E-state index >= 15 is 0 Å². The second-order valence-electron chi connectivity index (χ2n) is 6.55. The van der Waals surface area contributed by atoms with Crippen LogP contribution in [0.15, 0.2) is 29.2 Å². The highest BCUT2D eigenvalue weighted by Gasteiger charge is 2.29. The van der Waals surface area contributed by atoms with Gasteiger partial charge in [0.15, 0.2) is 0 Å². The Morgan fingerprint density at radius 3 is 2.62 bits per heavy atom.